The van der Waals surface area contributed by atoms with Gasteiger partial charge in [0.1, 0.15) is 10.8 Å². The number of methoxy groups -OCH3 is 1. The molecule has 6 heteroatoms. The van der Waals surface area contributed by atoms with Crippen molar-refractivity contribution in [1.29, 1.82) is 0 Å². The van der Waals surface area contributed by atoms with Gasteiger partial charge < -0.3 is 14.8 Å². The molecule has 0 heterocycles. The Hall–Kier alpha value is -1.75. The Labute approximate surface area is 104 Å². The maximum absolute atomic E-state index is 11.5. The predicted molar refractivity (Wildman–Crippen MR) is 63.6 cm³/mol. The van der Waals surface area contributed by atoms with E-state index in [9.17, 15) is 9.59 Å². The zero-order valence-corrected chi connectivity index (χ0v) is 10.2. The van der Waals surface area contributed by atoms with Crippen molar-refractivity contribution in [2.45, 2.75) is 6.92 Å². The molecular formula is C11H12ClNO4. The smallest absolute Gasteiger partial charge is 0.338 e. The van der Waals surface area contributed by atoms with Crippen molar-refractivity contribution in [1.82, 2.24) is 0 Å². The largest absolute Gasteiger partial charge is 0.495 e. The molecule has 0 aromatic heterocycles. The Morgan fingerprint density at radius 3 is 2.76 bits per heavy atom. The second-order valence-corrected chi connectivity index (χ2v) is 3.40. The van der Waals surface area contributed by atoms with E-state index in [-0.39, 0.29) is 17.2 Å². The summed E-state index contributed by atoms with van der Waals surface area (Å²) >= 11 is 5.94. The number of hydrogen-bond donors (Lipinski definition) is 1. The van der Waals surface area contributed by atoms with Crippen LogP contribution in [0.1, 0.15) is 17.3 Å². The number of hydrogen-bond acceptors (Lipinski definition) is 4. The fourth-order valence-corrected chi connectivity index (χ4v) is 1.49. The van der Waals surface area contributed by atoms with Gasteiger partial charge in [-0.15, -0.1) is 0 Å². The summed E-state index contributed by atoms with van der Waals surface area (Å²) in [6.45, 7) is 1.97. The third-order valence-corrected chi connectivity index (χ3v) is 2.37. The number of amides is 1. The molecule has 0 saturated carbocycles. The lowest BCUT2D eigenvalue weighted by Gasteiger charge is -2.10. The number of carbonyl (C=O) groups is 2. The zero-order chi connectivity index (χ0) is 12.8. The summed E-state index contributed by atoms with van der Waals surface area (Å²) in [5.41, 5.74) is 0.557. The van der Waals surface area contributed by atoms with E-state index in [0.29, 0.717) is 17.8 Å². The third-order valence-electron chi connectivity index (χ3n) is 1.98. The molecule has 0 radical (unpaired) electrons. The molecule has 0 saturated heterocycles. The van der Waals surface area contributed by atoms with E-state index in [1.165, 1.54) is 19.2 Å². The first kappa shape index (κ1) is 13.3. The number of esters is 1. The van der Waals surface area contributed by atoms with Crippen LogP contribution >= 0.6 is 11.6 Å². The van der Waals surface area contributed by atoms with Crippen molar-refractivity contribution in [3.05, 3.63) is 22.7 Å². The molecule has 5 nitrogen and oxygen atoms in total. The Morgan fingerprint density at radius 1 is 1.53 bits per heavy atom. The molecule has 17 heavy (non-hydrogen) atoms. The van der Waals surface area contributed by atoms with Crippen molar-refractivity contribution in [3.8, 4) is 5.75 Å². The summed E-state index contributed by atoms with van der Waals surface area (Å²) in [5.74, 6) is -0.210. The minimum absolute atomic E-state index is 0.229. The van der Waals surface area contributed by atoms with Gasteiger partial charge in [0.25, 0.3) is 0 Å². The fourth-order valence-electron chi connectivity index (χ4n) is 1.25. The average Bonchev–Trinajstić information content (AvgIpc) is 2.32. The van der Waals surface area contributed by atoms with Crippen molar-refractivity contribution in [3.63, 3.8) is 0 Å². The molecule has 92 valence electrons. The highest BCUT2D eigenvalue weighted by Crippen LogP contribution is 2.33. The summed E-state index contributed by atoms with van der Waals surface area (Å²) in [4.78, 5) is 21.9. The molecule has 0 spiro atoms. The molecule has 1 amide bonds. The van der Waals surface area contributed by atoms with Crippen LogP contribution in [0.15, 0.2) is 12.1 Å². The maximum atomic E-state index is 11.5. The molecular weight excluding hydrogens is 246 g/mol. The average molecular weight is 258 g/mol. The molecule has 0 aliphatic rings. The van der Waals surface area contributed by atoms with Gasteiger partial charge in [-0.1, -0.05) is 11.6 Å². The van der Waals surface area contributed by atoms with Crippen LogP contribution in [-0.4, -0.2) is 26.1 Å². The molecule has 0 aliphatic heterocycles. The van der Waals surface area contributed by atoms with Crippen LogP contribution in [0.4, 0.5) is 5.69 Å². The van der Waals surface area contributed by atoms with E-state index < -0.39 is 5.97 Å². The van der Waals surface area contributed by atoms with Gasteiger partial charge in [0, 0.05) is 0 Å². The Bertz CT molecular complexity index is 434. The highest BCUT2D eigenvalue weighted by molar-refractivity contribution is 6.35. The molecule has 0 aliphatic carbocycles. The van der Waals surface area contributed by atoms with Crippen LogP contribution in [0, 0.1) is 0 Å². The van der Waals surface area contributed by atoms with E-state index in [2.05, 4.69) is 5.32 Å². The molecule has 0 unspecified atom stereocenters. The molecule has 1 aromatic rings. The second-order valence-electron chi connectivity index (χ2n) is 3.02. The number of rotatable bonds is 5. The first-order valence-electron chi connectivity index (χ1n) is 4.88. The van der Waals surface area contributed by atoms with Gasteiger partial charge in [-0.25, -0.2) is 4.79 Å². The normalized spacial score (nSPS) is 9.59. The number of anilines is 1. The number of halogens is 1. The topological polar surface area (TPSA) is 64.6 Å². The lowest BCUT2D eigenvalue weighted by atomic mass is 10.2. The summed E-state index contributed by atoms with van der Waals surface area (Å²) in [6, 6.07) is 2.88. The summed E-state index contributed by atoms with van der Waals surface area (Å²) < 4.78 is 9.85. The summed E-state index contributed by atoms with van der Waals surface area (Å²) in [7, 11) is 1.42. The van der Waals surface area contributed by atoms with E-state index >= 15 is 0 Å². The van der Waals surface area contributed by atoms with Gasteiger partial charge in [-0.2, -0.15) is 0 Å². The quantitative estimate of drug-likeness (QED) is 0.648. The molecule has 1 rings (SSSR count). The highest BCUT2D eigenvalue weighted by atomic mass is 35.5. The Morgan fingerprint density at radius 2 is 2.24 bits per heavy atom. The maximum Gasteiger partial charge on any atom is 0.338 e. The Balaban J connectivity index is 3.19. The Kier molecular flexibility index (Phi) is 4.78. The first-order valence-corrected chi connectivity index (χ1v) is 5.26. The zero-order valence-electron chi connectivity index (χ0n) is 9.45. The summed E-state index contributed by atoms with van der Waals surface area (Å²) in [6.07, 6.45) is 0.468. The minimum Gasteiger partial charge on any atom is -0.495 e. The van der Waals surface area contributed by atoms with Crippen LogP contribution < -0.4 is 10.1 Å². The first-order chi connectivity index (χ1) is 8.13. The number of ether oxygens (including phenoxy) is 2. The minimum atomic E-state index is -0.503. The van der Waals surface area contributed by atoms with E-state index in [0.717, 1.165) is 0 Å². The second kappa shape index (κ2) is 6.10. The molecule has 1 N–H and O–H groups in total. The van der Waals surface area contributed by atoms with Crippen LogP contribution in [0.2, 0.25) is 5.02 Å². The molecule has 0 fully saturated rings. The van der Waals surface area contributed by atoms with Gasteiger partial charge in [0.05, 0.1) is 25.0 Å². The molecule has 0 atom stereocenters. The van der Waals surface area contributed by atoms with Gasteiger partial charge in [0.2, 0.25) is 6.41 Å². The predicted octanol–water partition coefficient (Wildman–Crippen LogP) is 2.09. The fraction of sp³-hybridized carbons (Fsp3) is 0.273. The van der Waals surface area contributed by atoms with Crippen molar-refractivity contribution in [2.24, 2.45) is 0 Å². The highest BCUT2D eigenvalue weighted by Gasteiger charge is 2.14. The van der Waals surface area contributed by atoms with Crippen LogP contribution in [0.25, 0.3) is 0 Å². The van der Waals surface area contributed by atoms with Crippen LogP contribution in [-0.2, 0) is 9.53 Å². The van der Waals surface area contributed by atoms with E-state index in [1.807, 2.05) is 0 Å². The van der Waals surface area contributed by atoms with E-state index in [1.54, 1.807) is 6.92 Å². The van der Waals surface area contributed by atoms with Crippen molar-refractivity contribution < 1.29 is 19.1 Å². The van der Waals surface area contributed by atoms with Crippen LogP contribution in [0.5, 0.6) is 5.75 Å². The standard InChI is InChI=1S/C11H12ClNO4/c1-3-17-11(15)7-4-8(13-6-14)10(12)9(5-7)16-2/h4-6H,3H2,1-2H3,(H,13,14). The van der Waals surface area contributed by atoms with Crippen molar-refractivity contribution in [2.75, 3.05) is 19.0 Å². The molecule has 1 aromatic carbocycles. The van der Waals surface area contributed by atoms with Crippen LogP contribution in [0.3, 0.4) is 0 Å². The SMILES string of the molecule is CCOC(=O)c1cc(NC=O)c(Cl)c(OC)c1. The number of nitrogens with one attached hydrogen (secondary N) is 1. The number of benzene rings is 1. The van der Waals surface area contributed by atoms with Gasteiger partial charge in [-0.05, 0) is 19.1 Å². The monoisotopic (exact) mass is 257 g/mol. The van der Waals surface area contributed by atoms with Gasteiger partial charge in [-0.3, -0.25) is 4.79 Å². The van der Waals surface area contributed by atoms with Gasteiger partial charge in [0.15, 0.2) is 0 Å². The van der Waals surface area contributed by atoms with Crippen molar-refractivity contribution >= 4 is 29.7 Å². The van der Waals surface area contributed by atoms with Gasteiger partial charge >= 0.3 is 5.97 Å². The number of carbonyl (C=O) groups excluding carboxylic acids is 2. The lowest BCUT2D eigenvalue weighted by molar-refractivity contribution is -0.105. The third kappa shape index (κ3) is 3.10. The molecule has 0 bridgehead atoms. The summed E-state index contributed by atoms with van der Waals surface area (Å²) in [5, 5.41) is 2.62. The van der Waals surface area contributed by atoms with E-state index in [4.69, 9.17) is 21.1 Å². The lowest BCUT2D eigenvalue weighted by Crippen LogP contribution is -2.06.